The van der Waals surface area contributed by atoms with Crippen LogP contribution in [0.5, 0.6) is 0 Å². The molecule has 0 aliphatic heterocycles. The van der Waals surface area contributed by atoms with E-state index in [9.17, 15) is 14.4 Å². The number of unbranched alkanes of at least 4 members (excludes halogenated alkanes) is 31. The minimum atomic E-state index is -0.778. The summed E-state index contributed by atoms with van der Waals surface area (Å²) in [4.78, 5) is 38.0. The molecule has 372 valence electrons. The van der Waals surface area contributed by atoms with E-state index in [1.54, 1.807) is 0 Å². The van der Waals surface area contributed by atoms with Crippen LogP contribution in [0.3, 0.4) is 0 Å². The molecule has 1 atom stereocenters. The van der Waals surface area contributed by atoms with Gasteiger partial charge in [0.2, 0.25) is 0 Å². The average molecular weight is 897 g/mol. The highest BCUT2D eigenvalue weighted by Gasteiger charge is 2.19. The zero-order valence-electron chi connectivity index (χ0n) is 42.6. The van der Waals surface area contributed by atoms with Gasteiger partial charge in [-0.1, -0.05) is 230 Å². The first-order chi connectivity index (χ1) is 31.5. The van der Waals surface area contributed by atoms with E-state index in [1.807, 2.05) is 0 Å². The van der Waals surface area contributed by atoms with Crippen molar-refractivity contribution in [1.29, 1.82) is 0 Å². The van der Waals surface area contributed by atoms with E-state index in [-0.39, 0.29) is 31.1 Å². The van der Waals surface area contributed by atoms with Crippen molar-refractivity contribution in [3.05, 3.63) is 48.6 Å². The van der Waals surface area contributed by atoms with Crippen LogP contribution >= 0.6 is 0 Å². The second-order valence-corrected chi connectivity index (χ2v) is 18.5. The molecular weight excluding hydrogens is 793 g/mol. The van der Waals surface area contributed by atoms with Crippen molar-refractivity contribution in [1.82, 2.24) is 0 Å². The van der Waals surface area contributed by atoms with Gasteiger partial charge in [-0.2, -0.15) is 0 Å². The second kappa shape index (κ2) is 53.0. The van der Waals surface area contributed by atoms with E-state index in [2.05, 4.69) is 69.4 Å². The lowest BCUT2D eigenvalue weighted by molar-refractivity contribution is -0.167. The Morgan fingerprint density at radius 2 is 0.562 bits per heavy atom. The standard InChI is InChI=1S/C58H104O6/c1-4-7-10-13-16-19-22-25-26-27-28-29-30-31-32-34-36-39-42-45-48-51-57(60)63-54-55(53-62-56(59)50-47-44-41-38-35-24-21-18-15-12-9-6-3)64-58(61)52-49-46-43-40-37-33-23-20-17-14-11-8-5-2/h18,21-22,25,27-28,30-31,55H,4-17,19-20,23-24,26,29,32-54H2,1-3H3/b21-18-,25-22-,28-27-,31-30-. The molecule has 1 unspecified atom stereocenters. The minimum Gasteiger partial charge on any atom is -0.462 e. The van der Waals surface area contributed by atoms with Crippen molar-refractivity contribution in [2.45, 2.75) is 290 Å². The molecule has 0 fully saturated rings. The number of carbonyl (C=O) groups is 3. The third-order valence-electron chi connectivity index (χ3n) is 12.1. The maximum Gasteiger partial charge on any atom is 0.306 e. The van der Waals surface area contributed by atoms with Crippen LogP contribution in [-0.4, -0.2) is 37.2 Å². The Hall–Kier alpha value is -2.63. The lowest BCUT2D eigenvalue weighted by atomic mass is 10.0. The van der Waals surface area contributed by atoms with Gasteiger partial charge in [0, 0.05) is 19.3 Å². The van der Waals surface area contributed by atoms with E-state index in [1.165, 1.54) is 161 Å². The van der Waals surface area contributed by atoms with E-state index in [0.29, 0.717) is 19.3 Å². The van der Waals surface area contributed by atoms with E-state index >= 15 is 0 Å². The Morgan fingerprint density at radius 3 is 0.922 bits per heavy atom. The Bertz CT molecular complexity index is 1120. The summed E-state index contributed by atoms with van der Waals surface area (Å²) in [5, 5.41) is 0. The van der Waals surface area contributed by atoms with Gasteiger partial charge in [0.15, 0.2) is 6.10 Å². The van der Waals surface area contributed by atoms with Gasteiger partial charge < -0.3 is 14.2 Å². The summed E-state index contributed by atoms with van der Waals surface area (Å²) < 4.78 is 16.8. The molecule has 0 rings (SSSR count). The first-order valence-electron chi connectivity index (χ1n) is 27.6. The second-order valence-electron chi connectivity index (χ2n) is 18.5. The molecule has 0 spiro atoms. The van der Waals surface area contributed by atoms with Crippen LogP contribution in [0.1, 0.15) is 284 Å². The van der Waals surface area contributed by atoms with Crippen molar-refractivity contribution in [2.75, 3.05) is 13.2 Å². The van der Waals surface area contributed by atoms with Gasteiger partial charge in [0.25, 0.3) is 0 Å². The fraction of sp³-hybridized carbons (Fsp3) is 0.810. The van der Waals surface area contributed by atoms with Gasteiger partial charge in [-0.25, -0.2) is 0 Å². The van der Waals surface area contributed by atoms with E-state index in [0.717, 1.165) is 83.5 Å². The zero-order valence-corrected chi connectivity index (χ0v) is 42.6. The summed E-state index contributed by atoms with van der Waals surface area (Å²) in [5.74, 6) is -0.890. The molecule has 0 bridgehead atoms. The number of ether oxygens (including phenoxy) is 3. The molecule has 6 nitrogen and oxygen atoms in total. The number of hydrogen-bond acceptors (Lipinski definition) is 6. The van der Waals surface area contributed by atoms with Crippen molar-refractivity contribution in [2.24, 2.45) is 0 Å². The molecule has 0 aromatic carbocycles. The first-order valence-corrected chi connectivity index (χ1v) is 27.6. The van der Waals surface area contributed by atoms with Crippen LogP contribution in [0.15, 0.2) is 48.6 Å². The Balaban J connectivity index is 4.33. The summed E-state index contributed by atoms with van der Waals surface area (Å²) in [6, 6.07) is 0. The maximum atomic E-state index is 12.8. The fourth-order valence-electron chi connectivity index (χ4n) is 7.86. The van der Waals surface area contributed by atoms with Crippen LogP contribution in [0.4, 0.5) is 0 Å². The molecule has 0 saturated heterocycles. The summed E-state index contributed by atoms with van der Waals surface area (Å²) in [6.07, 6.45) is 63.8. The molecule has 0 aliphatic carbocycles. The van der Waals surface area contributed by atoms with E-state index < -0.39 is 6.10 Å². The van der Waals surface area contributed by atoms with Crippen molar-refractivity contribution in [3.63, 3.8) is 0 Å². The third kappa shape index (κ3) is 50.4. The predicted molar refractivity (Wildman–Crippen MR) is 275 cm³/mol. The van der Waals surface area contributed by atoms with Gasteiger partial charge in [-0.15, -0.1) is 0 Å². The fourth-order valence-corrected chi connectivity index (χ4v) is 7.86. The number of carbonyl (C=O) groups excluding carboxylic acids is 3. The maximum absolute atomic E-state index is 12.8. The predicted octanol–water partition coefficient (Wildman–Crippen LogP) is 18.3. The summed E-state index contributed by atoms with van der Waals surface area (Å²) >= 11 is 0. The van der Waals surface area contributed by atoms with Crippen LogP contribution < -0.4 is 0 Å². The van der Waals surface area contributed by atoms with Crippen LogP contribution in [0, 0.1) is 0 Å². The molecule has 0 aromatic heterocycles. The van der Waals surface area contributed by atoms with Gasteiger partial charge in [-0.05, 0) is 83.5 Å². The van der Waals surface area contributed by atoms with Gasteiger partial charge >= 0.3 is 17.9 Å². The summed E-state index contributed by atoms with van der Waals surface area (Å²) in [7, 11) is 0. The highest BCUT2D eigenvalue weighted by molar-refractivity contribution is 5.71. The molecule has 0 saturated carbocycles. The molecule has 0 aromatic rings. The van der Waals surface area contributed by atoms with Crippen molar-refractivity contribution >= 4 is 17.9 Å². The smallest absolute Gasteiger partial charge is 0.306 e. The Labute approximate surface area is 397 Å². The number of esters is 3. The van der Waals surface area contributed by atoms with E-state index in [4.69, 9.17) is 14.2 Å². The molecule has 0 heterocycles. The molecule has 0 radical (unpaired) electrons. The minimum absolute atomic E-state index is 0.0795. The van der Waals surface area contributed by atoms with Gasteiger partial charge in [0.1, 0.15) is 13.2 Å². The third-order valence-corrected chi connectivity index (χ3v) is 12.1. The van der Waals surface area contributed by atoms with Crippen molar-refractivity contribution < 1.29 is 28.6 Å². The molecule has 64 heavy (non-hydrogen) atoms. The average Bonchev–Trinajstić information content (AvgIpc) is 3.29. The SMILES string of the molecule is CCCCC/C=C\CCCCCCCC(=O)OCC(COC(=O)CCCCCCCC/C=C\C/C=C\C/C=C\CCCCCCC)OC(=O)CCCCCCCCCCCCCCC. The van der Waals surface area contributed by atoms with Crippen LogP contribution in [0.2, 0.25) is 0 Å². The lowest BCUT2D eigenvalue weighted by Crippen LogP contribution is -2.30. The molecule has 0 N–H and O–H groups in total. The Morgan fingerprint density at radius 1 is 0.312 bits per heavy atom. The monoisotopic (exact) mass is 897 g/mol. The molecule has 6 heteroatoms. The zero-order chi connectivity index (χ0) is 46.5. The molecule has 0 amide bonds. The van der Waals surface area contributed by atoms with Crippen molar-refractivity contribution in [3.8, 4) is 0 Å². The van der Waals surface area contributed by atoms with Crippen LogP contribution in [0.25, 0.3) is 0 Å². The number of hydrogen-bond donors (Lipinski definition) is 0. The quantitative estimate of drug-likeness (QED) is 0.0262. The highest BCUT2D eigenvalue weighted by atomic mass is 16.6. The normalized spacial score (nSPS) is 12.4. The van der Waals surface area contributed by atoms with Gasteiger partial charge in [-0.3, -0.25) is 14.4 Å². The highest BCUT2D eigenvalue weighted by Crippen LogP contribution is 2.15. The molecular formula is C58H104O6. The number of rotatable bonds is 50. The molecule has 0 aliphatic rings. The number of allylic oxidation sites excluding steroid dienone is 8. The topological polar surface area (TPSA) is 78.9 Å². The largest absolute Gasteiger partial charge is 0.462 e. The van der Waals surface area contributed by atoms with Gasteiger partial charge in [0.05, 0.1) is 0 Å². The Kier molecular flexibility index (Phi) is 50.8. The summed E-state index contributed by atoms with van der Waals surface area (Å²) in [6.45, 7) is 6.60. The lowest BCUT2D eigenvalue weighted by Gasteiger charge is -2.18. The van der Waals surface area contributed by atoms with Crippen LogP contribution in [-0.2, 0) is 28.6 Å². The summed E-state index contributed by atoms with van der Waals surface area (Å²) in [5.41, 5.74) is 0. The first kappa shape index (κ1) is 61.4.